The van der Waals surface area contributed by atoms with Crippen LogP contribution in [0.2, 0.25) is 5.02 Å². The molecule has 0 saturated carbocycles. The van der Waals surface area contributed by atoms with Crippen molar-refractivity contribution in [3.8, 4) is 0 Å². The zero-order chi connectivity index (χ0) is 13.5. The van der Waals surface area contributed by atoms with Crippen LogP contribution in [0.1, 0.15) is 46.5 Å². The van der Waals surface area contributed by atoms with Crippen LogP contribution < -0.4 is 4.90 Å². The van der Waals surface area contributed by atoms with E-state index in [2.05, 4.69) is 13.8 Å². The first-order valence-corrected chi connectivity index (χ1v) is 7.05. The summed E-state index contributed by atoms with van der Waals surface area (Å²) in [5.74, 6) is 0.181. The van der Waals surface area contributed by atoms with E-state index < -0.39 is 0 Å². The molecule has 1 aromatic carbocycles. The Bertz CT molecular complexity index is 392. The molecule has 0 aliphatic heterocycles. The van der Waals surface area contributed by atoms with E-state index >= 15 is 0 Å². The van der Waals surface area contributed by atoms with E-state index in [-0.39, 0.29) is 11.9 Å². The highest BCUT2D eigenvalue weighted by molar-refractivity contribution is 6.30. The summed E-state index contributed by atoms with van der Waals surface area (Å²) in [5, 5.41) is 0.672. The molecule has 0 bridgehead atoms. The van der Waals surface area contributed by atoms with Gasteiger partial charge in [0.25, 0.3) is 0 Å². The molecule has 0 saturated heterocycles. The molecule has 0 heterocycles. The van der Waals surface area contributed by atoms with Crippen molar-refractivity contribution in [2.45, 2.75) is 52.5 Å². The Kier molecular flexibility index (Phi) is 6.20. The Balaban J connectivity index is 2.99. The number of nitrogens with zero attached hydrogens (tertiary/aromatic N) is 1. The summed E-state index contributed by atoms with van der Waals surface area (Å²) >= 11 is 6.01. The van der Waals surface area contributed by atoms with Gasteiger partial charge in [0, 0.05) is 23.2 Å². The number of benzene rings is 1. The van der Waals surface area contributed by atoms with Gasteiger partial charge >= 0.3 is 0 Å². The second kappa shape index (κ2) is 7.42. The first-order chi connectivity index (χ1) is 8.60. The van der Waals surface area contributed by atoms with Crippen molar-refractivity contribution in [3.05, 3.63) is 29.3 Å². The zero-order valence-electron chi connectivity index (χ0n) is 11.4. The molecule has 18 heavy (non-hydrogen) atoms. The second-order valence-electron chi connectivity index (χ2n) is 4.63. The molecule has 1 rings (SSSR count). The number of rotatable bonds is 6. The highest BCUT2D eigenvalue weighted by Gasteiger charge is 2.20. The van der Waals surface area contributed by atoms with E-state index in [0.717, 1.165) is 24.9 Å². The van der Waals surface area contributed by atoms with Crippen molar-refractivity contribution in [1.29, 1.82) is 0 Å². The van der Waals surface area contributed by atoms with Crippen LogP contribution in [0.25, 0.3) is 0 Å². The number of halogens is 1. The van der Waals surface area contributed by atoms with Crippen LogP contribution in [0.3, 0.4) is 0 Å². The molecule has 1 aromatic rings. The molecule has 1 unspecified atom stereocenters. The average molecular weight is 268 g/mol. The fourth-order valence-corrected chi connectivity index (χ4v) is 2.34. The minimum atomic E-state index is 0.181. The normalized spacial score (nSPS) is 12.2. The number of hydrogen-bond donors (Lipinski definition) is 0. The Hall–Kier alpha value is -1.02. The second-order valence-corrected chi connectivity index (χ2v) is 5.07. The fourth-order valence-electron chi connectivity index (χ4n) is 2.15. The smallest absolute Gasteiger partial charge is 0.227 e. The monoisotopic (exact) mass is 267 g/mol. The molecule has 0 aromatic heterocycles. The predicted molar refractivity (Wildman–Crippen MR) is 78.2 cm³/mol. The van der Waals surface area contributed by atoms with Crippen molar-refractivity contribution in [2.75, 3.05) is 4.90 Å². The van der Waals surface area contributed by atoms with Crippen molar-refractivity contribution in [1.82, 2.24) is 0 Å². The third-order valence-electron chi connectivity index (χ3n) is 2.97. The quantitative estimate of drug-likeness (QED) is 0.734. The molecule has 1 amide bonds. The molecule has 0 N–H and O–H groups in total. The van der Waals surface area contributed by atoms with Gasteiger partial charge in [-0.1, -0.05) is 37.9 Å². The van der Waals surface area contributed by atoms with Gasteiger partial charge in [-0.15, -0.1) is 0 Å². The summed E-state index contributed by atoms with van der Waals surface area (Å²) in [7, 11) is 0. The first-order valence-electron chi connectivity index (χ1n) is 6.67. The van der Waals surface area contributed by atoms with Gasteiger partial charge in [-0.25, -0.2) is 0 Å². The number of amides is 1. The lowest BCUT2D eigenvalue weighted by Gasteiger charge is -2.29. The molecular formula is C15H22ClNO. The van der Waals surface area contributed by atoms with Crippen LogP contribution in [0, 0.1) is 0 Å². The lowest BCUT2D eigenvalue weighted by Crippen LogP contribution is -2.38. The van der Waals surface area contributed by atoms with Gasteiger partial charge in [0.2, 0.25) is 5.91 Å². The summed E-state index contributed by atoms with van der Waals surface area (Å²) in [6.07, 6.45) is 3.52. The SMILES string of the molecule is CCCC(=O)N(c1cccc(Cl)c1)C(C)CCC. The minimum absolute atomic E-state index is 0.181. The van der Waals surface area contributed by atoms with Crippen LogP contribution in [-0.2, 0) is 4.79 Å². The van der Waals surface area contributed by atoms with E-state index in [4.69, 9.17) is 11.6 Å². The Morgan fingerprint density at radius 2 is 2.06 bits per heavy atom. The number of hydrogen-bond acceptors (Lipinski definition) is 1. The Labute approximate surface area is 115 Å². The topological polar surface area (TPSA) is 20.3 Å². The maximum absolute atomic E-state index is 12.3. The maximum Gasteiger partial charge on any atom is 0.227 e. The Morgan fingerprint density at radius 1 is 1.33 bits per heavy atom. The summed E-state index contributed by atoms with van der Waals surface area (Å²) in [6, 6.07) is 7.75. The standard InChI is InChI=1S/C15H22ClNO/c1-4-7-12(3)17(15(18)8-5-2)14-10-6-9-13(16)11-14/h6,9-12H,4-5,7-8H2,1-3H3. The van der Waals surface area contributed by atoms with Crippen LogP contribution in [0.15, 0.2) is 24.3 Å². The summed E-state index contributed by atoms with van der Waals surface area (Å²) in [5.41, 5.74) is 0.905. The Morgan fingerprint density at radius 3 is 2.61 bits per heavy atom. The third kappa shape index (κ3) is 4.02. The molecule has 0 spiro atoms. The molecule has 3 heteroatoms. The first kappa shape index (κ1) is 15.0. The molecule has 1 atom stereocenters. The van der Waals surface area contributed by atoms with E-state index in [1.165, 1.54) is 0 Å². The van der Waals surface area contributed by atoms with Gasteiger partial charge in [0.1, 0.15) is 0 Å². The van der Waals surface area contributed by atoms with Crippen LogP contribution in [0.4, 0.5) is 5.69 Å². The van der Waals surface area contributed by atoms with Gasteiger partial charge in [0.15, 0.2) is 0 Å². The number of anilines is 1. The zero-order valence-corrected chi connectivity index (χ0v) is 12.2. The lowest BCUT2D eigenvalue weighted by atomic mass is 10.1. The van der Waals surface area contributed by atoms with Crippen LogP contribution in [0.5, 0.6) is 0 Å². The predicted octanol–water partition coefficient (Wildman–Crippen LogP) is 4.66. The highest BCUT2D eigenvalue weighted by Crippen LogP contribution is 2.24. The summed E-state index contributed by atoms with van der Waals surface area (Å²) in [6.45, 7) is 6.26. The van der Waals surface area contributed by atoms with Gasteiger partial charge in [-0.3, -0.25) is 4.79 Å². The molecule has 2 nitrogen and oxygen atoms in total. The molecule has 0 aliphatic rings. The van der Waals surface area contributed by atoms with Crippen molar-refractivity contribution >= 4 is 23.2 Å². The van der Waals surface area contributed by atoms with E-state index in [0.29, 0.717) is 11.4 Å². The molecule has 0 radical (unpaired) electrons. The number of carbonyl (C=O) groups excluding carboxylic acids is 1. The van der Waals surface area contributed by atoms with Gasteiger partial charge in [-0.05, 0) is 38.0 Å². The summed E-state index contributed by atoms with van der Waals surface area (Å²) in [4.78, 5) is 14.1. The molecule has 0 aliphatic carbocycles. The van der Waals surface area contributed by atoms with Crippen molar-refractivity contribution in [2.24, 2.45) is 0 Å². The van der Waals surface area contributed by atoms with E-state index in [1.54, 1.807) is 0 Å². The highest BCUT2D eigenvalue weighted by atomic mass is 35.5. The lowest BCUT2D eigenvalue weighted by molar-refractivity contribution is -0.119. The van der Waals surface area contributed by atoms with Crippen molar-refractivity contribution in [3.63, 3.8) is 0 Å². The third-order valence-corrected chi connectivity index (χ3v) is 3.20. The summed E-state index contributed by atoms with van der Waals surface area (Å²) < 4.78 is 0. The van der Waals surface area contributed by atoms with Gasteiger partial charge < -0.3 is 4.90 Å². The van der Waals surface area contributed by atoms with Crippen LogP contribution in [-0.4, -0.2) is 11.9 Å². The largest absolute Gasteiger partial charge is 0.310 e. The van der Waals surface area contributed by atoms with Crippen LogP contribution >= 0.6 is 11.6 Å². The average Bonchev–Trinajstić information content (AvgIpc) is 2.30. The molecule has 100 valence electrons. The van der Waals surface area contributed by atoms with E-state index in [9.17, 15) is 4.79 Å². The van der Waals surface area contributed by atoms with Gasteiger partial charge in [0.05, 0.1) is 0 Å². The molecule has 0 fully saturated rings. The fraction of sp³-hybridized carbons (Fsp3) is 0.533. The molecular weight excluding hydrogens is 246 g/mol. The number of carbonyl (C=O) groups is 1. The van der Waals surface area contributed by atoms with Gasteiger partial charge in [-0.2, -0.15) is 0 Å². The minimum Gasteiger partial charge on any atom is -0.310 e. The van der Waals surface area contributed by atoms with E-state index in [1.807, 2.05) is 36.1 Å². The van der Waals surface area contributed by atoms with Crippen molar-refractivity contribution < 1.29 is 4.79 Å². The maximum atomic E-state index is 12.3.